The summed E-state index contributed by atoms with van der Waals surface area (Å²) in [6.07, 6.45) is 1.57. The van der Waals surface area contributed by atoms with Crippen LogP contribution in [0.15, 0.2) is 45.5 Å². The van der Waals surface area contributed by atoms with Gasteiger partial charge in [-0.05, 0) is 52.7 Å². The third-order valence-electron chi connectivity index (χ3n) is 3.01. The van der Waals surface area contributed by atoms with E-state index in [9.17, 15) is 9.18 Å². The van der Waals surface area contributed by atoms with Crippen molar-refractivity contribution in [3.05, 3.63) is 58.2 Å². The van der Waals surface area contributed by atoms with Crippen LogP contribution in [0, 0.1) is 5.82 Å². The Morgan fingerprint density at radius 1 is 1.38 bits per heavy atom. The molecule has 2 rings (SSSR count). The third kappa shape index (κ3) is 4.68. The molecule has 1 aromatic heterocycles. The average Bonchev–Trinajstić information content (AvgIpc) is 2.99. The van der Waals surface area contributed by atoms with Crippen LogP contribution in [0.3, 0.4) is 0 Å². The number of amides is 1. The highest BCUT2D eigenvalue weighted by atomic mass is 79.9. The van der Waals surface area contributed by atoms with E-state index in [4.69, 9.17) is 4.42 Å². The van der Waals surface area contributed by atoms with Gasteiger partial charge in [0.2, 0.25) is 5.91 Å². The molecule has 1 heterocycles. The first-order valence-electron chi connectivity index (χ1n) is 6.53. The highest BCUT2D eigenvalue weighted by molar-refractivity contribution is 9.10. The zero-order valence-corrected chi connectivity index (χ0v) is 13.1. The van der Waals surface area contributed by atoms with E-state index in [1.54, 1.807) is 37.5 Å². The molecular weight excluding hydrogens is 339 g/mol. The predicted molar refractivity (Wildman–Crippen MR) is 81.0 cm³/mol. The number of rotatable bonds is 6. The predicted octanol–water partition coefficient (Wildman–Crippen LogP) is 2.98. The molecule has 0 bridgehead atoms. The Morgan fingerprint density at radius 2 is 2.19 bits per heavy atom. The second-order valence-electron chi connectivity index (χ2n) is 4.65. The van der Waals surface area contributed by atoms with Gasteiger partial charge in [0.05, 0.1) is 23.3 Å². The van der Waals surface area contributed by atoms with Crippen LogP contribution < -0.4 is 10.6 Å². The van der Waals surface area contributed by atoms with Crippen molar-refractivity contribution in [2.45, 2.75) is 26.1 Å². The number of carbonyl (C=O) groups excluding carboxylic acids is 1. The fraction of sp³-hybridized carbons (Fsp3) is 0.267. The van der Waals surface area contributed by atoms with Gasteiger partial charge in [0, 0.05) is 6.54 Å². The summed E-state index contributed by atoms with van der Waals surface area (Å²) in [6, 6.07) is 7.98. The van der Waals surface area contributed by atoms with Crippen molar-refractivity contribution in [1.29, 1.82) is 0 Å². The summed E-state index contributed by atoms with van der Waals surface area (Å²) in [5, 5.41) is 5.87. The van der Waals surface area contributed by atoms with Crippen molar-refractivity contribution in [3.63, 3.8) is 0 Å². The van der Waals surface area contributed by atoms with Crippen LogP contribution in [-0.2, 0) is 17.9 Å². The maximum absolute atomic E-state index is 13.1. The smallest absolute Gasteiger partial charge is 0.237 e. The molecule has 0 aliphatic carbocycles. The lowest BCUT2D eigenvalue weighted by atomic mass is 10.2. The molecule has 0 radical (unpaired) electrons. The maximum atomic E-state index is 13.1. The standard InChI is InChI=1S/C15H16BrFN2O2/c1-10(15(20)19-9-12-3-2-6-21-12)18-8-11-4-5-14(17)13(16)7-11/h2-7,10,18H,8-9H2,1H3,(H,19,20). The lowest BCUT2D eigenvalue weighted by molar-refractivity contribution is -0.123. The molecule has 0 saturated heterocycles. The highest BCUT2D eigenvalue weighted by Crippen LogP contribution is 2.16. The Kier molecular flexibility index (Phi) is 5.52. The van der Waals surface area contributed by atoms with E-state index < -0.39 is 0 Å². The van der Waals surface area contributed by atoms with Gasteiger partial charge in [0.15, 0.2) is 0 Å². The summed E-state index contributed by atoms with van der Waals surface area (Å²) in [6.45, 7) is 2.62. The summed E-state index contributed by atoms with van der Waals surface area (Å²) < 4.78 is 18.7. The van der Waals surface area contributed by atoms with Gasteiger partial charge >= 0.3 is 0 Å². The molecule has 2 aromatic rings. The van der Waals surface area contributed by atoms with E-state index in [0.29, 0.717) is 23.3 Å². The summed E-state index contributed by atoms with van der Waals surface area (Å²) in [5.74, 6) is 0.286. The lowest BCUT2D eigenvalue weighted by Crippen LogP contribution is -2.41. The minimum absolute atomic E-state index is 0.118. The Balaban J connectivity index is 1.79. The Bertz CT molecular complexity index is 602. The van der Waals surface area contributed by atoms with Crippen LogP contribution in [0.4, 0.5) is 4.39 Å². The number of nitrogens with one attached hydrogen (secondary N) is 2. The molecule has 0 aliphatic heterocycles. The zero-order valence-electron chi connectivity index (χ0n) is 11.5. The van der Waals surface area contributed by atoms with Gasteiger partial charge in [-0.1, -0.05) is 6.07 Å². The zero-order chi connectivity index (χ0) is 15.2. The molecule has 1 aromatic carbocycles. The first kappa shape index (κ1) is 15.7. The first-order valence-corrected chi connectivity index (χ1v) is 7.33. The number of carbonyl (C=O) groups is 1. The van der Waals surface area contributed by atoms with E-state index >= 15 is 0 Å². The number of hydrogen-bond acceptors (Lipinski definition) is 3. The van der Waals surface area contributed by atoms with Crippen molar-refractivity contribution in [2.24, 2.45) is 0 Å². The topological polar surface area (TPSA) is 54.3 Å². The van der Waals surface area contributed by atoms with Crippen molar-refractivity contribution in [3.8, 4) is 0 Å². The Morgan fingerprint density at radius 3 is 2.86 bits per heavy atom. The van der Waals surface area contributed by atoms with Gasteiger partial charge < -0.3 is 15.1 Å². The molecule has 0 saturated carbocycles. The normalized spacial score (nSPS) is 12.1. The fourth-order valence-electron chi connectivity index (χ4n) is 1.75. The van der Waals surface area contributed by atoms with Crippen LogP contribution in [0.25, 0.3) is 0 Å². The SMILES string of the molecule is CC(NCc1ccc(F)c(Br)c1)C(=O)NCc1ccco1. The highest BCUT2D eigenvalue weighted by Gasteiger charge is 2.12. The maximum Gasteiger partial charge on any atom is 0.237 e. The van der Waals surface area contributed by atoms with Crippen molar-refractivity contribution in [1.82, 2.24) is 10.6 Å². The second kappa shape index (κ2) is 7.38. The molecule has 0 spiro atoms. The van der Waals surface area contributed by atoms with E-state index in [1.807, 2.05) is 0 Å². The molecule has 1 amide bonds. The molecule has 1 atom stereocenters. The summed E-state index contributed by atoms with van der Waals surface area (Å²) in [7, 11) is 0. The van der Waals surface area contributed by atoms with E-state index in [0.717, 1.165) is 5.56 Å². The van der Waals surface area contributed by atoms with Crippen LogP contribution in [-0.4, -0.2) is 11.9 Å². The third-order valence-corrected chi connectivity index (χ3v) is 3.61. The van der Waals surface area contributed by atoms with E-state index in [2.05, 4.69) is 26.6 Å². The molecule has 6 heteroatoms. The van der Waals surface area contributed by atoms with Crippen LogP contribution in [0.5, 0.6) is 0 Å². The molecule has 4 nitrogen and oxygen atoms in total. The molecule has 21 heavy (non-hydrogen) atoms. The molecule has 0 aliphatic rings. The second-order valence-corrected chi connectivity index (χ2v) is 5.50. The molecule has 112 valence electrons. The quantitative estimate of drug-likeness (QED) is 0.838. The number of halogens is 2. The van der Waals surface area contributed by atoms with Crippen molar-refractivity contribution in [2.75, 3.05) is 0 Å². The van der Waals surface area contributed by atoms with Gasteiger partial charge in [0.1, 0.15) is 11.6 Å². The average molecular weight is 355 g/mol. The summed E-state index contributed by atoms with van der Waals surface area (Å²) >= 11 is 3.14. The summed E-state index contributed by atoms with van der Waals surface area (Å²) in [5.41, 5.74) is 0.897. The van der Waals surface area contributed by atoms with Crippen LogP contribution in [0.2, 0.25) is 0 Å². The number of hydrogen-bond donors (Lipinski definition) is 2. The monoisotopic (exact) mass is 354 g/mol. The fourth-order valence-corrected chi connectivity index (χ4v) is 2.18. The van der Waals surface area contributed by atoms with Crippen molar-refractivity contribution < 1.29 is 13.6 Å². The largest absolute Gasteiger partial charge is 0.467 e. The number of furan rings is 1. The van der Waals surface area contributed by atoms with Crippen molar-refractivity contribution >= 4 is 21.8 Å². The molecular formula is C15H16BrFN2O2. The minimum Gasteiger partial charge on any atom is -0.467 e. The van der Waals surface area contributed by atoms with E-state index in [-0.39, 0.29) is 17.8 Å². The van der Waals surface area contributed by atoms with Gasteiger partial charge in [-0.2, -0.15) is 0 Å². The van der Waals surface area contributed by atoms with Gasteiger partial charge in [-0.25, -0.2) is 4.39 Å². The minimum atomic E-state index is -0.358. The Labute approximate surface area is 130 Å². The number of benzene rings is 1. The van der Waals surface area contributed by atoms with Gasteiger partial charge in [0.25, 0.3) is 0 Å². The molecule has 0 fully saturated rings. The van der Waals surface area contributed by atoms with Crippen LogP contribution in [0.1, 0.15) is 18.2 Å². The lowest BCUT2D eigenvalue weighted by Gasteiger charge is -2.13. The van der Waals surface area contributed by atoms with Crippen LogP contribution >= 0.6 is 15.9 Å². The summed E-state index contributed by atoms with van der Waals surface area (Å²) in [4.78, 5) is 11.9. The van der Waals surface area contributed by atoms with Gasteiger partial charge in [-0.3, -0.25) is 4.79 Å². The molecule has 1 unspecified atom stereocenters. The van der Waals surface area contributed by atoms with E-state index in [1.165, 1.54) is 6.07 Å². The molecule has 2 N–H and O–H groups in total. The van der Waals surface area contributed by atoms with Gasteiger partial charge in [-0.15, -0.1) is 0 Å². The Hall–Kier alpha value is -1.66. The first-order chi connectivity index (χ1) is 10.1.